The molecule has 0 aliphatic heterocycles. The summed E-state index contributed by atoms with van der Waals surface area (Å²) in [5.74, 6) is -0.259. The Kier molecular flexibility index (Phi) is 8.29. The predicted octanol–water partition coefficient (Wildman–Crippen LogP) is 4.49. The molecule has 0 atom stereocenters. The highest BCUT2D eigenvalue weighted by Crippen LogP contribution is 2.18. The molecule has 3 rings (SSSR count). The van der Waals surface area contributed by atoms with Gasteiger partial charge in [-0.15, -0.1) is 4.91 Å². The Hall–Kier alpha value is -3.66. The highest BCUT2D eigenvalue weighted by atomic mass is 35.5. The first kappa shape index (κ1) is 26.0. The van der Waals surface area contributed by atoms with Gasteiger partial charge in [0.15, 0.2) is 0 Å². The van der Waals surface area contributed by atoms with Crippen molar-refractivity contribution in [1.29, 1.82) is 0 Å². The highest BCUT2D eigenvalue weighted by molar-refractivity contribution is 6.30. The van der Waals surface area contributed by atoms with Crippen molar-refractivity contribution >= 4 is 34.9 Å². The fourth-order valence-corrected chi connectivity index (χ4v) is 3.56. The zero-order valence-electron chi connectivity index (χ0n) is 20.2. The van der Waals surface area contributed by atoms with Gasteiger partial charge in [0.2, 0.25) is 0 Å². The molecule has 35 heavy (non-hydrogen) atoms. The van der Waals surface area contributed by atoms with Gasteiger partial charge in [-0.1, -0.05) is 30.7 Å². The molecule has 0 saturated carbocycles. The van der Waals surface area contributed by atoms with Crippen LogP contribution < -0.4 is 15.6 Å². The Morgan fingerprint density at radius 1 is 1.14 bits per heavy atom. The summed E-state index contributed by atoms with van der Waals surface area (Å²) in [6.07, 6.45) is 1.72. The number of halogens is 1. The lowest BCUT2D eigenvalue weighted by Crippen LogP contribution is -2.36. The minimum Gasteiger partial charge on any atom is -0.444 e. The number of hydrogen-bond donors (Lipinski definition) is 2. The molecule has 0 bridgehead atoms. The van der Waals surface area contributed by atoms with Gasteiger partial charge in [-0.3, -0.25) is 9.20 Å². The first-order valence-corrected chi connectivity index (χ1v) is 11.6. The third-order valence-corrected chi connectivity index (χ3v) is 5.21. The van der Waals surface area contributed by atoms with Crippen LogP contribution >= 0.6 is 11.6 Å². The molecule has 1 aromatic carbocycles. The molecule has 0 radical (unpaired) electrons. The topological polar surface area (TPSA) is 117 Å². The zero-order chi connectivity index (χ0) is 25.6. The van der Waals surface area contributed by atoms with Crippen molar-refractivity contribution in [1.82, 2.24) is 20.0 Å². The number of hydrogen-bond acceptors (Lipinski definition) is 6. The number of fused-ring (bicyclic) bond motifs is 1. The number of nitrogens with zero attached hydrogens (tertiary/aromatic N) is 4. The molecule has 0 aliphatic rings. The molecule has 186 valence electrons. The monoisotopic (exact) mass is 500 g/mol. The number of ether oxygens (including phenoxy) is 1. The number of benzene rings is 1. The van der Waals surface area contributed by atoms with Gasteiger partial charge in [0.25, 0.3) is 5.91 Å². The maximum Gasteiger partial charge on any atom is 0.407 e. The second-order valence-corrected chi connectivity index (χ2v) is 9.26. The first-order valence-electron chi connectivity index (χ1n) is 11.2. The summed E-state index contributed by atoms with van der Waals surface area (Å²) in [5.41, 5.74) is 2.59. The van der Waals surface area contributed by atoms with E-state index in [1.807, 2.05) is 6.92 Å². The van der Waals surface area contributed by atoms with Crippen LogP contribution in [0, 0.1) is 4.91 Å². The molecule has 2 N–H and O–H groups in total. The summed E-state index contributed by atoms with van der Waals surface area (Å²) < 4.78 is 6.86. The lowest BCUT2D eigenvalue weighted by atomic mass is 10.2. The first-order chi connectivity index (χ1) is 16.6. The second kappa shape index (κ2) is 11.2. The Morgan fingerprint density at radius 3 is 2.49 bits per heavy atom. The smallest absolute Gasteiger partial charge is 0.407 e. The van der Waals surface area contributed by atoms with Crippen molar-refractivity contribution in [3.63, 3.8) is 0 Å². The van der Waals surface area contributed by atoms with E-state index in [1.165, 1.54) is 5.01 Å². The molecule has 0 unspecified atom stereocenters. The van der Waals surface area contributed by atoms with Gasteiger partial charge in [-0.25, -0.2) is 14.8 Å². The van der Waals surface area contributed by atoms with Crippen LogP contribution in [-0.4, -0.2) is 40.1 Å². The number of imidazole rings is 1. The van der Waals surface area contributed by atoms with E-state index in [-0.39, 0.29) is 25.5 Å². The quantitative estimate of drug-likeness (QED) is 0.330. The Morgan fingerprint density at radius 2 is 1.86 bits per heavy atom. The molecule has 2 heterocycles. The Labute approximate surface area is 208 Å². The number of aryl methyl sites for hydroxylation is 1. The lowest BCUT2D eigenvalue weighted by Gasteiger charge is -2.20. The van der Waals surface area contributed by atoms with E-state index in [9.17, 15) is 14.5 Å². The normalized spacial score (nSPS) is 11.2. The average molecular weight is 501 g/mol. The summed E-state index contributed by atoms with van der Waals surface area (Å²) in [7, 11) is 0. The summed E-state index contributed by atoms with van der Waals surface area (Å²) in [5, 5.41) is 10.3. The van der Waals surface area contributed by atoms with Crippen LogP contribution in [0.5, 0.6) is 0 Å². The van der Waals surface area contributed by atoms with Crippen molar-refractivity contribution in [3.8, 4) is 0 Å². The summed E-state index contributed by atoms with van der Waals surface area (Å²) in [4.78, 5) is 40.5. The van der Waals surface area contributed by atoms with Crippen LogP contribution in [0.4, 0.5) is 10.5 Å². The number of pyridine rings is 1. The van der Waals surface area contributed by atoms with Gasteiger partial charge in [-0.05, 0) is 57.0 Å². The third-order valence-electron chi connectivity index (χ3n) is 4.98. The van der Waals surface area contributed by atoms with E-state index in [4.69, 9.17) is 16.3 Å². The van der Waals surface area contributed by atoms with Crippen molar-refractivity contribution in [3.05, 3.63) is 69.5 Å². The number of alkyl carbamates (subject to hydrolysis) is 1. The van der Waals surface area contributed by atoms with E-state index in [0.717, 1.165) is 5.56 Å². The second-order valence-electron chi connectivity index (χ2n) is 8.82. The predicted molar refractivity (Wildman–Crippen MR) is 135 cm³/mol. The van der Waals surface area contributed by atoms with Gasteiger partial charge in [0.05, 0.1) is 28.2 Å². The van der Waals surface area contributed by atoms with E-state index in [1.54, 1.807) is 67.8 Å². The van der Waals surface area contributed by atoms with Crippen molar-refractivity contribution in [2.75, 3.05) is 18.1 Å². The third kappa shape index (κ3) is 6.92. The standard InChI is InChI=1S/C24H29ClN6O4/c1-5-19-21(30-15-17(25)8-11-20(30)28-19)22(32)27-14-16-6-9-18(10-7-16)31(29-34)13-12-26-23(33)35-24(2,3)4/h6-11,15H,5,12-14H2,1-4H3,(H,26,33)(H,27,32). The number of carbonyl (C=O) groups is 2. The molecular weight excluding hydrogens is 472 g/mol. The number of anilines is 1. The minimum absolute atomic E-state index is 0.176. The van der Waals surface area contributed by atoms with E-state index in [2.05, 4.69) is 20.9 Å². The number of nitroso groups, excluding NO2 is 1. The average Bonchev–Trinajstić information content (AvgIpc) is 3.17. The Balaban J connectivity index is 1.59. The van der Waals surface area contributed by atoms with Gasteiger partial charge < -0.3 is 15.4 Å². The SMILES string of the molecule is CCc1nc2ccc(Cl)cn2c1C(=O)NCc1ccc(N(CCNC(=O)OC(C)(C)C)N=O)cc1. The van der Waals surface area contributed by atoms with Gasteiger partial charge in [0, 0.05) is 19.3 Å². The molecule has 0 fully saturated rings. The zero-order valence-corrected chi connectivity index (χ0v) is 20.9. The number of amides is 2. The fraction of sp³-hybridized carbons (Fsp3) is 0.375. The molecule has 2 amide bonds. The van der Waals surface area contributed by atoms with Gasteiger partial charge >= 0.3 is 6.09 Å². The molecule has 2 aromatic heterocycles. The van der Waals surface area contributed by atoms with Gasteiger partial charge in [-0.2, -0.15) is 0 Å². The van der Waals surface area contributed by atoms with Crippen molar-refractivity contribution in [2.45, 2.75) is 46.3 Å². The van der Waals surface area contributed by atoms with Crippen LogP contribution in [-0.2, 0) is 17.7 Å². The molecule has 0 aliphatic carbocycles. The summed E-state index contributed by atoms with van der Waals surface area (Å²) >= 11 is 6.10. The minimum atomic E-state index is -0.603. The molecule has 11 heteroatoms. The highest BCUT2D eigenvalue weighted by Gasteiger charge is 2.19. The number of aromatic nitrogens is 2. The van der Waals surface area contributed by atoms with Crippen LogP contribution in [0.2, 0.25) is 5.02 Å². The molecule has 10 nitrogen and oxygen atoms in total. The number of nitrogens with one attached hydrogen (secondary N) is 2. The van der Waals surface area contributed by atoms with Crippen LogP contribution in [0.15, 0.2) is 47.9 Å². The number of rotatable bonds is 9. The molecule has 3 aromatic rings. The summed E-state index contributed by atoms with van der Waals surface area (Å²) in [6.45, 7) is 7.89. The van der Waals surface area contributed by atoms with E-state index >= 15 is 0 Å². The van der Waals surface area contributed by atoms with E-state index in [0.29, 0.717) is 34.2 Å². The molecular formula is C24H29ClN6O4. The Bertz CT molecular complexity index is 1200. The van der Waals surface area contributed by atoms with E-state index < -0.39 is 11.7 Å². The molecule has 0 saturated heterocycles. The maximum atomic E-state index is 12.9. The van der Waals surface area contributed by atoms with Crippen molar-refractivity contribution in [2.24, 2.45) is 5.29 Å². The number of carbonyl (C=O) groups excluding carboxylic acids is 2. The summed E-state index contributed by atoms with van der Waals surface area (Å²) in [6, 6.07) is 10.5. The van der Waals surface area contributed by atoms with Crippen molar-refractivity contribution < 1.29 is 14.3 Å². The van der Waals surface area contributed by atoms with Crippen LogP contribution in [0.3, 0.4) is 0 Å². The van der Waals surface area contributed by atoms with Crippen LogP contribution in [0.1, 0.15) is 49.4 Å². The lowest BCUT2D eigenvalue weighted by molar-refractivity contribution is 0.0529. The largest absolute Gasteiger partial charge is 0.444 e. The fourth-order valence-electron chi connectivity index (χ4n) is 3.40. The molecule has 0 spiro atoms. The van der Waals surface area contributed by atoms with Gasteiger partial charge in [0.1, 0.15) is 16.9 Å². The van der Waals surface area contributed by atoms with Crippen LogP contribution in [0.25, 0.3) is 5.65 Å². The maximum absolute atomic E-state index is 12.9.